The van der Waals surface area contributed by atoms with E-state index in [4.69, 9.17) is 4.74 Å². The molecule has 0 atom stereocenters. The second-order valence-corrected chi connectivity index (χ2v) is 8.96. The van der Waals surface area contributed by atoms with Crippen molar-refractivity contribution in [1.82, 2.24) is 4.72 Å². The standard InChI is InChI=1S/C25H24N2O6S/c1-3-33-24-16-18(11-15-23(24)29)10-14-22(28)20-6-4-5-7-21(20)26-25(30)27-34(31,32)19-12-8-17(2)9-13-19/h4-16,29H,3H2,1-2H3,(H2,26,27,30)/b14-10+. The summed E-state index contributed by atoms with van der Waals surface area (Å²) in [7, 11) is -4.08. The predicted octanol–water partition coefficient (Wildman–Crippen LogP) is 4.51. The average Bonchev–Trinajstić information content (AvgIpc) is 2.79. The van der Waals surface area contributed by atoms with E-state index in [9.17, 15) is 23.1 Å². The summed E-state index contributed by atoms with van der Waals surface area (Å²) in [5.41, 5.74) is 1.83. The Morgan fingerprint density at radius 1 is 1.03 bits per heavy atom. The molecule has 0 saturated heterocycles. The maximum Gasteiger partial charge on any atom is 0.333 e. The van der Waals surface area contributed by atoms with Gasteiger partial charge in [0, 0.05) is 5.56 Å². The van der Waals surface area contributed by atoms with Gasteiger partial charge in [-0.25, -0.2) is 17.9 Å². The Morgan fingerprint density at radius 3 is 2.44 bits per heavy atom. The monoisotopic (exact) mass is 480 g/mol. The number of allylic oxidation sites excluding steroid dienone is 1. The largest absolute Gasteiger partial charge is 0.504 e. The smallest absolute Gasteiger partial charge is 0.333 e. The Labute approximate surface area is 198 Å². The molecule has 0 unspecified atom stereocenters. The number of rotatable bonds is 8. The summed E-state index contributed by atoms with van der Waals surface area (Å²) in [6.45, 7) is 3.98. The Balaban J connectivity index is 1.74. The van der Waals surface area contributed by atoms with Crippen LogP contribution in [0.3, 0.4) is 0 Å². The fourth-order valence-corrected chi connectivity index (χ4v) is 3.93. The molecule has 34 heavy (non-hydrogen) atoms. The van der Waals surface area contributed by atoms with Gasteiger partial charge in [-0.2, -0.15) is 0 Å². The lowest BCUT2D eigenvalue weighted by Crippen LogP contribution is -2.34. The summed E-state index contributed by atoms with van der Waals surface area (Å²) in [5.74, 6) is -0.125. The number of amides is 2. The highest BCUT2D eigenvalue weighted by molar-refractivity contribution is 7.90. The first kappa shape index (κ1) is 24.5. The van der Waals surface area contributed by atoms with Gasteiger partial charge < -0.3 is 15.2 Å². The van der Waals surface area contributed by atoms with Crippen LogP contribution in [0.25, 0.3) is 6.08 Å². The summed E-state index contributed by atoms with van der Waals surface area (Å²) in [6.07, 6.45) is 2.85. The molecule has 0 fully saturated rings. The van der Waals surface area contributed by atoms with Crippen LogP contribution in [0.1, 0.15) is 28.4 Å². The maximum absolute atomic E-state index is 12.8. The molecule has 2 amide bonds. The lowest BCUT2D eigenvalue weighted by atomic mass is 10.1. The lowest BCUT2D eigenvalue weighted by Gasteiger charge is -2.11. The van der Waals surface area contributed by atoms with Crippen molar-refractivity contribution in [2.24, 2.45) is 0 Å². The van der Waals surface area contributed by atoms with E-state index >= 15 is 0 Å². The summed E-state index contributed by atoms with van der Waals surface area (Å²) in [5, 5.41) is 12.2. The third-order valence-electron chi connectivity index (χ3n) is 4.71. The molecule has 176 valence electrons. The molecule has 0 spiro atoms. The lowest BCUT2D eigenvalue weighted by molar-refractivity contribution is 0.104. The van der Waals surface area contributed by atoms with E-state index in [0.29, 0.717) is 17.9 Å². The number of hydrogen-bond acceptors (Lipinski definition) is 6. The van der Waals surface area contributed by atoms with Crippen LogP contribution in [-0.2, 0) is 10.0 Å². The van der Waals surface area contributed by atoms with Crippen molar-refractivity contribution >= 4 is 33.6 Å². The number of nitrogens with one attached hydrogen (secondary N) is 2. The van der Waals surface area contributed by atoms with Gasteiger partial charge in [0.1, 0.15) is 0 Å². The number of aryl methyl sites for hydroxylation is 1. The molecule has 3 aromatic rings. The molecule has 0 aliphatic heterocycles. The van der Waals surface area contributed by atoms with Crippen molar-refractivity contribution in [1.29, 1.82) is 0 Å². The highest BCUT2D eigenvalue weighted by Gasteiger charge is 2.19. The number of benzene rings is 3. The summed E-state index contributed by atoms with van der Waals surface area (Å²) >= 11 is 0. The highest BCUT2D eigenvalue weighted by Crippen LogP contribution is 2.27. The second kappa shape index (κ2) is 10.7. The van der Waals surface area contributed by atoms with Crippen molar-refractivity contribution in [3.8, 4) is 11.5 Å². The van der Waals surface area contributed by atoms with E-state index in [0.717, 1.165) is 5.56 Å². The van der Waals surface area contributed by atoms with Gasteiger partial charge in [-0.15, -0.1) is 0 Å². The van der Waals surface area contributed by atoms with Crippen LogP contribution in [-0.4, -0.2) is 31.9 Å². The number of phenols is 1. The third kappa shape index (κ3) is 6.23. The molecule has 0 saturated carbocycles. The Hall–Kier alpha value is -4.11. The fourth-order valence-electron chi connectivity index (χ4n) is 3.02. The van der Waals surface area contributed by atoms with Crippen LogP contribution in [0.5, 0.6) is 11.5 Å². The summed E-state index contributed by atoms with van der Waals surface area (Å²) < 4.78 is 32.2. The highest BCUT2D eigenvalue weighted by atomic mass is 32.2. The second-order valence-electron chi connectivity index (χ2n) is 7.28. The van der Waals surface area contributed by atoms with E-state index < -0.39 is 21.8 Å². The van der Waals surface area contributed by atoms with Gasteiger partial charge in [-0.1, -0.05) is 42.0 Å². The first-order valence-electron chi connectivity index (χ1n) is 10.4. The molecule has 8 nitrogen and oxygen atoms in total. The number of ketones is 1. The number of urea groups is 1. The fraction of sp³-hybridized carbons (Fsp3) is 0.120. The normalized spacial score (nSPS) is 11.2. The van der Waals surface area contributed by atoms with E-state index in [-0.39, 0.29) is 21.9 Å². The van der Waals surface area contributed by atoms with Gasteiger partial charge >= 0.3 is 6.03 Å². The van der Waals surface area contributed by atoms with Crippen LogP contribution in [0, 0.1) is 6.92 Å². The zero-order valence-corrected chi connectivity index (χ0v) is 19.4. The molecule has 0 bridgehead atoms. The Bertz CT molecular complexity index is 1330. The van der Waals surface area contributed by atoms with Crippen molar-refractivity contribution in [2.75, 3.05) is 11.9 Å². The Kier molecular flexibility index (Phi) is 7.70. The molecule has 0 radical (unpaired) electrons. The molecular weight excluding hydrogens is 456 g/mol. The first-order chi connectivity index (χ1) is 16.2. The quantitative estimate of drug-likeness (QED) is 0.322. The Morgan fingerprint density at radius 2 is 1.74 bits per heavy atom. The van der Waals surface area contributed by atoms with Crippen molar-refractivity contribution < 1.29 is 27.9 Å². The zero-order chi connectivity index (χ0) is 24.7. The number of anilines is 1. The number of carbonyl (C=O) groups is 2. The molecule has 3 N–H and O–H groups in total. The minimum Gasteiger partial charge on any atom is -0.504 e. The molecule has 0 aliphatic carbocycles. The van der Waals surface area contributed by atoms with E-state index in [2.05, 4.69) is 5.32 Å². The van der Waals surface area contributed by atoms with Crippen LogP contribution < -0.4 is 14.8 Å². The number of aromatic hydroxyl groups is 1. The van der Waals surface area contributed by atoms with Gasteiger partial charge in [0.25, 0.3) is 10.0 Å². The molecule has 9 heteroatoms. The van der Waals surface area contributed by atoms with Crippen molar-refractivity contribution in [2.45, 2.75) is 18.7 Å². The molecular formula is C25H24N2O6S. The average molecular weight is 481 g/mol. The first-order valence-corrected chi connectivity index (χ1v) is 11.9. The molecule has 0 heterocycles. The number of carbonyl (C=O) groups excluding carboxylic acids is 2. The van der Waals surface area contributed by atoms with Gasteiger partial charge in [0.15, 0.2) is 17.3 Å². The van der Waals surface area contributed by atoms with Crippen LogP contribution in [0.2, 0.25) is 0 Å². The summed E-state index contributed by atoms with van der Waals surface area (Å²) in [4.78, 5) is 25.1. The topological polar surface area (TPSA) is 122 Å². The number of hydrogen-bond donors (Lipinski definition) is 3. The van der Waals surface area contributed by atoms with Crippen molar-refractivity contribution in [3.05, 3.63) is 89.5 Å². The SMILES string of the molecule is CCOc1cc(/C=C/C(=O)c2ccccc2NC(=O)NS(=O)(=O)c2ccc(C)cc2)ccc1O. The molecule has 3 aromatic carbocycles. The van der Waals surface area contributed by atoms with Crippen LogP contribution in [0.4, 0.5) is 10.5 Å². The van der Waals surface area contributed by atoms with Gasteiger partial charge in [-0.05, 0) is 61.9 Å². The third-order valence-corrected chi connectivity index (χ3v) is 6.06. The molecule has 3 rings (SSSR count). The number of phenolic OH excluding ortho intramolecular Hbond substituents is 1. The zero-order valence-electron chi connectivity index (χ0n) is 18.6. The molecule has 0 aliphatic rings. The molecule has 0 aromatic heterocycles. The summed E-state index contributed by atoms with van der Waals surface area (Å²) in [6, 6.07) is 16.0. The van der Waals surface area contributed by atoms with Gasteiger partial charge in [-0.3, -0.25) is 4.79 Å². The minimum atomic E-state index is -4.08. The van der Waals surface area contributed by atoms with Crippen molar-refractivity contribution in [3.63, 3.8) is 0 Å². The minimum absolute atomic E-state index is 0.00789. The number of para-hydroxylation sites is 1. The van der Waals surface area contributed by atoms with Crippen LogP contribution >= 0.6 is 0 Å². The van der Waals surface area contributed by atoms with Gasteiger partial charge in [0.2, 0.25) is 0 Å². The van der Waals surface area contributed by atoms with E-state index in [1.807, 2.05) is 11.6 Å². The maximum atomic E-state index is 12.8. The number of sulfonamides is 1. The number of ether oxygens (including phenoxy) is 1. The van der Waals surface area contributed by atoms with Crippen LogP contribution in [0.15, 0.2) is 77.7 Å². The van der Waals surface area contributed by atoms with E-state index in [1.54, 1.807) is 49.4 Å². The van der Waals surface area contributed by atoms with Gasteiger partial charge in [0.05, 0.1) is 17.2 Å². The van der Waals surface area contributed by atoms with E-state index in [1.165, 1.54) is 36.4 Å². The predicted molar refractivity (Wildman–Crippen MR) is 130 cm³/mol.